The molecule has 3 N–H and O–H groups in total. The number of carbonyl (C=O) groups excluding carboxylic acids is 1. The minimum atomic E-state index is -1.08. The van der Waals surface area contributed by atoms with Crippen molar-refractivity contribution >= 4 is 12.0 Å². The minimum absolute atomic E-state index is 0.0663. The Kier molecular flexibility index (Phi) is 6.04. The molecule has 7 nitrogen and oxygen atoms in total. The Morgan fingerprint density at radius 1 is 1.32 bits per heavy atom. The van der Waals surface area contributed by atoms with Gasteiger partial charge in [0, 0.05) is 33.2 Å². The van der Waals surface area contributed by atoms with Crippen molar-refractivity contribution in [2.75, 3.05) is 26.7 Å². The Morgan fingerprint density at radius 3 is 2.58 bits per heavy atom. The second kappa shape index (κ2) is 7.30. The standard InChI is InChI=1S/C12H22N2O5/c1-13(5-3-2-4-6-15)12(19)14-8-9(16)7-10(14)11(17)18/h9-10,15-16H,2-8H2,1H3,(H,17,18)/t9-,10+/m1/s1. The number of β-amino-alcohol motifs (C(OH)–C–C–N with tert-alkyl or cyclic N) is 1. The first kappa shape index (κ1) is 15.7. The van der Waals surface area contributed by atoms with Gasteiger partial charge in [0.15, 0.2) is 0 Å². The Morgan fingerprint density at radius 2 is 2.00 bits per heavy atom. The van der Waals surface area contributed by atoms with Gasteiger partial charge in [-0.15, -0.1) is 0 Å². The third kappa shape index (κ3) is 4.36. The summed E-state index contributed by atoms with van der Waals surface area (Å²) in [6.45, 7) is 0.714. The summed E-state index contributed by atoms with van der Waals surface area (Å²) < 4.78 is 0. The van der Waals surface area contributed by atoms with E-state index in [1.54, 1.807) is 7.05 Å². The molecule has 1 aliphatic heterocycles. The number of likely N-dealkylation sites (tertiary alicyclic amines) is 1. The zero-order valence-corrected chi connectivity index (χ0v) is 11.2. The van der Waals surface area contributed by atoms with Crippen LogP contribution in [0.2, 0.25) is 0 Å². The predicted octanol–water partition coefficient (Wildman–Crippen LogP) is -0.279. The highest BCUT2D eigenvalue weighted by molar-refractivity contribution is 5.83. The maximum atomic E-state index is 12.1. The van der Waals surface area contributed by atoms with Crippen LogP contribution in [0.4, 0.5) is 4.79 Å². The van der Waals surface area contributed by atoms with Gasteiger partial charge in [-0.05, 0) is 19.3 Å². The molecule has 1 heterocycles. The van der Waals surface area contributed by atoms with Crippen LogP contribution in [0.25, 0.3) is 0 Å². The van der Waals surface area contributed by atoms with Crippen molar-refractivity contribution < 1.29 is 24.9 Å². The molecule has 1 rings (SSSR count). The van der Waals surface area contributed by atoms with Gasteiger partial charge in [0.05, 0.1) is 6.10 Å². The number of amides is 2. The van der Waals surface area contributed by atoms with E-state index in [9.17, 15) is 14.7 Å². The van der Waals surface area contributed by atoms with Crippen LogP contribution in [-0.2, 0) is 4.79 Å². The summed E-state index contributed by atoms with van der Waals surface area (Å²) in [4.78, 5) is 25.8. The molecule has 0 aromatic carbocycles. The van der Waals surface area contributed by atoms with E-state index in [-0.39, 0.29) is 25.6 Å². The molecule has 110 valence electrons. The number of aliphatic carboxylic acids is 1. The smallest absolute Gasteiger partial charge is 0.326 e. The van der Waals surface area contributed by atoms with Crippen molar-refractivity contribution in [2.45, 2.75) is 37.8 Å². The molecule has 0 aromatic heterocycles. The van der Waals surface area contributed by atoms with Crippen LogP contribution in [-0.4, -0.2) is 76.0 Å². The van der Waals surface area contributed by atoms with Crippen LogP contribution in [0.1, 0.15) is 25.7 Å². The number of unbranched alkanes of at least 4 members (excludes halogenated alkanes) is 2. The lowest BCUT2D eigenvalue weighted by Gasteiger charge is -2.27. The Bertz CT molecular complexity index is 323. The number of aliphatic hydroxyl groups is 2. The van der Waals surface area contributed by atoms with Crippen LogP contribution >= 0.6 is 0 Å². The van der Waals surface area contributed by atoms with Crippen molar-refractivity contribution in [3.63, 3.8) is 0 Å². The molecule has 0 aliphatic carbocycles. The molecule has 0 saturated carbocycles. The fraction of sp³-hybridized carbons (Fsp3) is 0.833. The van der Waals surface area contributed by atoms with E-state index < -0.39 is 18.1 Å². The number of carbonyl (C=O) groups is 2. The van der Waals surface area contributed by atoms with Crippen molar-refractivity contribution in [1.29, 1.82) is 0 Å². The first-order chi connectivity index (χ1) is 8.97. The zero-order valence-electron chi connectivity index (χ0n) is 11.2. The summed E-state index contributed by atoms with van der Waals surface area (Å²) in [6.07, 6.45) is 1.59. The van der Waals surface area contributed by atoms with Crippen LogP contribution in [0.15, 0.2) is 0 Å². The average Bonchev–Trinajstić information content (AvgIpc) is 2.75. The highest BCUT2D eigenvalue weighted by Gasteiger charge is 2.39. The van der Waals surface area contributed by atoms with E-state index in [0.29, 0.717) is 13.0 Å². The minimum Gasteiger partial charge on any atom is -0.480 e. The van der Waals surface area contributed by atoms with E-state index in [2.05, 4.69) is 0 Å². The Balaban J connectivity index is 2.48. The SMILES string of the molecule is CN(CCCCCO)C(=O)N1C[C@H](O)C[C@H]1C(=O)O. The second-order valence-electron chi connectivity index (χ2n) is 4.88. The molecule has 0 aromatic rings. The molecule has 1 saturated heterocycles. The van der Waals surface area contributed by atoms with E-state index in [0.717, 1.165) is 12.8 Å². The topological polar surface area (TPSA) is 101 Å². The molecule has 1 fully saturated rings. The molecule has 2 atom stereocenters. The molecule has 7 heteroatoms. The molecule has 0 unspecified atom stereocenters. The Hall–Kier alpha value is -1.34. The molecule has 19 heavy (non-hydrogen) atoms. The Labute approximate surface area is 112 Å². The molecular formula is C12H22N2O5. The first-order valence-electron chi connectivity index (χ1n) is 6.50. The summed E-state index contributed by atoms with van der Waals surface area (Å²) >= 11 is 0. The molecule has 0 radical (unpaired) electrons. The molecular weight excluding hydrogens is 252 g/mol. The normalized spacial score (nSPS) is 22.6. The monoisotopic (exact) mass is 274 g/mol. The third-order valence-corrected chi connectivity index (χ3v) is 3.29. The highest BCUT2D eigenvalue weighted by Crippen LogP contribution is 2.19. The maximum Gasteiger partial charge on any atom is 0.326 e. The summed E-state index contributed by atoms with van der Waals surface area (Å²) in [5, 5.41) is 27.2. The quantitative estimate of drug-likeness (QED) is 0.578. The maximum absolute atomic E-state index is 12.1. The summed E-state index contributed by atoms with van der Waals surface area (Å²) in [5.74, 6) is -1.08. The summed E-state index contributed by atoms with van der Waals surface area (Å²) in [6, 6.07) is -1.31. The number of rotatable bonds is 6. The van der Waals surface area contributed by atoms with E-state index >= 15 is 0 Å². The fourth-order valence-corrected chi connectivity index (χ4v) is 2.21. The van der Waals surface area contributed by atoms with Crippen LogP contribution in [0.5, 0.6) is 0 Å². The van der Waals surface area contributed by atoms with Crippen molar-refractivity contribution in [3.05, 3.63) is 0 Å². The van der Waals surface area contributed by atoms with Gasteiger partial charge < -0.3 is 25.1 Å². The zero-order chi connectivity index (χ0) is 14.4. The number of hydrogen-bond acceptors (Lipinski definition) is 4. The van der Waals surface area contributed by atoms with Gasteiger partial charge in [-0.3, -0.25) is 0 Å². The number of urea groups is 1. The third-order valence-electron chi connectivity index (χ3n) is 3.29. The van der Waals surface area contributed by atoms with Gasteiger partial charge >= 0.3 is 12.0 Å². The van der Waals surface area contributed by atoms with Crippen molar-refractivity contribution in [1.82, 2.24) is 9.80 Å². The molecule has 2 amide bonds. The van der Waals surface area contributed by atoms with Gasteiger partial charge in [0.2, 0.25) is 0 Å². The number of carboxylic acid groups (broad SMARTS) is 1. The lowest BCUT2D eigenvalue weighted by atomic mass is 10.2. The number of hydrogen-bond donors (Lipinski definition) is 3. The molecule has 0 spiro atoms. The van der Waals surface area contributed by atoms with Gasteiger partial charge in [0.25, 0.3) is 0 Å². The van der Waals surface area contributed by atoms with E-state index in [1.165, 1.54) is 9.80 Å². The summed E-state index contributed by atoms with van der Waals surface area (Å²) in [7, 11) is 1.62. The second-order valence-corrected chi connectivity index (χ2v) is 4.88. The largest absolute Gasteiger partial charge is 0.480 e. The van der Waals surface area contributed by atoms with Crippen LogP contribution < -0.4 is 0 Å². The predicted molar refractivity (Wildman–Crippen MR) is 67.7 cm³/mol. The van der Waals surface area contributed by atoms with Crippen molar-refractivity contribution in [2.24, 2.45) is 0 Å². The van der Waals surface area contributed by atoms with Crippen molar-refractivity contribution in [3.8, 4) is 0 Å². The molecule has 1 aliphatic rings. The highest BCUT2D eigenvalue weighted by atomic mass is 16.4. The number of nitrogens with zero attached hydrogens (tertiary/aromatic N) is 2. The first-order valence-corrected chi connectivity index (χ1v) is 6.50. The fourth-order valence-electron chi connectivity index (χ4n) is 2.21. The summed E-state index contributed by atoms with van der Waals surface area (Å²) in [5.41, 5.74) is 0. The lowest BCUT2D eigenvalue weighted by molar-refractivity contribution is -0.141. The number of carboxylic acids is 1. The van der Waals surface area contributed by atoms with E-state index in [1.807, 2.05) is 0 Å². The van der Waals surface area contributed by atoms with Crippen LogP contribution in [0, 0.1) is 0 Å². The van der Waals surface area contributed by atoms with Gasteiger partial charge in [0.1, 0.15) is 6.04 Å². The lowest BCUT2D eigenvalue weighted by Crippen LogP contribution is -2.47. The van der Waals surface area contributed by atoms with Crippen LogP contribution in [0.3, 0.4) is 0 Å². The molecule has 0 bridgehead atoms. The van der Waals surface area contributed by atoms with E-state index in [4.69, 9.17) is 10.2 Å². The number of aliphatic hydroxyl groups excluding tert-OH is 2. The van der Waals surface area contributed by atoms with Gasteiger partial charge in [-0.25, -0.2) is 9.59 Å². The van der Waals surface area contributed by atoms with Gasteiger partial charge in [-0.1, -0.05) is 0 Å². The van der Waals surface area contributed by atoms with Gasteiger partial charge in [-0.2, -0.15) is 0 Å². The average molecular weight is 274 g/mol.